The Bertz CT molecular complexity index is 1180. The molecule has 1 aromatic heterocycles. The molecule has 1 atom stereocenters. The lowest BCUT2D eigenvalue weighted by Crippen LogP contribution is -2.65. The fourth-order valence-electron chi connectivity index (χ4n) is 5.22. The van der Waals surface area contributed by atoms with Crippen molar-refractivity contribution < 1.29 is 14.0 Å². The Morgan fingerprint density at radius 2 is 1.72 bits per heavy atom. The van der Waals surface area contributed by atoms with Gasteiger partial charge in [-0.25, -0.2) is 4.39 Å². The lowest BCUT2D eigenvalue weighted by Gasteiger charge is -2.44. The Balaban J connectivity index is 1.61. The number of para-hydroxylation sites is 2. The van der Waals surface area contributed by atoms with Crippen LogP contribution in [0.15, 0.2) is 54.6 Å². The lowest BCUT2D eigenvalue weighted by atomic mass is 9.92. The number of amides is 2. The maximum absolute atomic E-state index is 14.9. The zero-order valence-corrected chi connectivity index (χ0v) is 18.3. The van der Waals surface area contributed by atoms with E-state index in [0.29, 0.717) is 5.69 Å². The van der Waals surface area contributed by atoms with E-state index < -0.39 is 11.4 Å². The summed E-state index contributed by atoms with van der Waals surface area (Å²) in [5.41, 5.74) is 0.236. The summed E-state index contributed by atoms with van der Waals surface area (Å²) in [5.74, 6) is -1.11. The van der Waals surface area contributed by atoms with Gasteiger partial charge in [0.25, 0.3) is 5.91 Å². The molecule has 0 bridgehead atoms. The Morgan fingerprint density at radius 3 is 2.47 bits per heavy atom. The minimum atomic E-state index is -1.26. The number of nitrogens with one attached hydrogen (secondary N) is 1. The third kappa shape index (κ3) is 3.38. The van der Waals surface area contributed by atoms with E-state index in [1.807, 2.05) is 34.9 Å². The predicted molar refractivity (Wildman–Crippen MR) is 123 cm³/mol. The van der Waals surface area contributed by atoms with E-state index >= 15 is 0 Å². The highest BCUT2D eigenvalue weighted by atomic mass is 19.1. The minimum absolute atomic E-state index is 0.0854. The van der Waals surface area contributed by atoms with Crippen LogP contribution >= 0.6 is 0 Å². The number of rotatable bonds is 3. The van der Waals surface area contributed by atoms with Gasteiger partial charge in [0, 0.05) is 16.9 Å². The van der Waals surface area contributed by atoms with Gasteiger partial charge in [0.15, 0.2) is 0 Å². The third-order valence-corrected chi connectivity index (χ3v) is 6.97. The largest absolute Gasteiger partial charge is 0.351 e. The molecule has 1 fully saturated rings. The van der Waals surface area contributed by atoms with Crippen LogP contribution in [0.25, 0.3) is 10.9 Å². The number of fused-ring (bicyclic) bond motifs is 3. The number of aromatic nitrogens is 1. The maximum atomic E-state index is 14.9. The van der Waals surface area contributed by atoms with E-state index in [-0.39, 0.29) is 30.1 Å². The zero-order chi connectivity index (χ0) is 22.3. The molecule has 1 N–H and O–H groups in total. The fourth-order valence-corrected chi connectivity index (χ4v) is 5.22. The molecule has 2 amide bonds. The van der Waals surface area contributed by atoms with Crippen LogP contribution in [0.3, 0.4) is 0 Å². The van der Waals surface area contributed by atoms with Crippen molar-refractivity contribution in [2.75, 3.05) is 4.90 Å². The van der Waals surface area contributed by atoms with Gasteiger partial charge in [-0.3, -0.25) is 14.5 Å². The van der Waals surface area contributed by atoms with Crippen molar-refractivity contribution in [2.45, 2.75) is 63.6 Å². The van der Waals surface area contributed by atoms with E-state index in [1.54, 1.807) is 25.1 Å². The summed E-state index contributed by atoms with van der Waals surface area (Å²) in [6.07, 6.45) is 6.42. The predicted octanol–water partition coefficient (Wildman–Crippen LogP) is 5.04. The van der Waals surface area contributed by atoms with Crippen LogP contribution in [0.5, 0.6) is 0 Å². The number of benzene rings is 2. The molecule has 0 spiro atoms. The highest BCUT2D eigenvalue weighted by Gasteiger charge is 2.49. The van der Waals surface area contributed by atoms with Crippen molar-refractivity contribution in [2.24, 2.45) is 0 Å². The molecule has 3 aromatic rings. The SMILES string of the molecule is C[C@]1(C(=O)NC2CCCCCC2)Cn2c(cc3ccccc32)C(=O)N1c1ccccc1F. The van der Waals surface area contributed by atoms with Crippen LogP contribution < -0.4 is 10.2 Å². The van der Waals surface area contributed by atoms with Gasteiger partial charge in [0.05, 0.1) is 12.2 Å². The molecule has 1 aliphatic heterocycles. The quantitative estimate of drug-likeness (QED) is 0.589. The molecule has 0 radical (unpaired) electrons. The first-order valence-corrected chi connectivity index (χ1v) is 11.5. The van der Waals surface area contributed by atoms with Crippen LogP contribution in [-0.4, -0.2) is 28.0 Å². The van der Waals surface area contributed by atoms with Gasteiger partial charge in [0.1, 0.15) is 17.1 Å². The topological polar surface area (TPSA) is 54.3 Å². The standard InChI is InChI=1S/C26H28FN3O2/c1-26(25(32)28-19-11-4-2-3-5-12-19)17-29-21-14-8-6-10-18(21)16-23(29)24(31)30(26)22-15-9-7-13-20(22)27/h6-10,13-16,19H,2-5,11-12,17H2,1H3,(H,28,32)/t26-/m1/s1. The van der Waals surface area contributed by atoms with E-state index in [1.165, 1.54) is 23.8 Å². The molecular weight excluding hydrogens is 405 g/mol. The number of hydrogen-bond acceptors (Lipinski definition) is 2. The fraction of sp³-hybridized carbons (Fsp3) is 0.385. The highest BCUT2D eigenvalue weighted by molar-refractivity contribution is 6.14. The van der Waals surface area contributed by atoms with Crippen LogP contribution in [-0.2, 0) is 11.3 Å². The molecule has 5 nitrogen and oxygen atoms in total. The molecule has 2 heterocycles. The van der Waals surface area contributed by atoms with Gasteiger partial charge in [-0.05, 0) is 44.0 Å². The molecule has 0 unspecified atom stereocenters. The Morgan fingerprint density at radius 1 is 1.03 bits per heavy atom. The number of halogens is 1. The van der Waals surface area contributed by atoms with Crippen LogP contribution in [0.4, 0.5) is 10.1 Å². The van der Waals surface area contributed by atoms with Crippen molar-refractivity contribution in [3.63, 3.8) is 0 Å². The molecule has 5 rings (SSSR count). The summed E-state index contributed by atoms with van der Waals surface area (Å²) in [6, 6.07) is 15.8. The van der Waals surface area contributed by atoms with Crippen molar-refractivity contribution in [1.29, 1.82) is 0 Å². The molecule has 166 valence electrons. The average molecular weight is 434 g/mol. The molecule has 2 aromatic carbocycles. The van der Waals surface area contributed by atoms with Crippen molar-refractivity contribution >= 4 is 28.4 Å². The Labute approximate surface area is 187 Å². The molecule has 32 heavy (non-hydrogen) atoms. The van der Waals surface area contributed by atoms with Crippen LogP contribution in [0, 0.1) is 5.82 Å². The van der Waals surface area contributed by atoms with E-state index in [2.05, 4.69) is 5.32 Å². The number of carbonyl (C=O) groups is 2. The molecule has 6 heteroatoms. The number of nitrogens with zero attached hydrogens (tertiary/aromatic N) is 2. The van der Waals surface area contributed by atoms with Gasteiger partial charge in [-0.15, -0.1) is 0 Å². The van der Waals surface area contributed by atoms with Crippen molar-refractivity contribution in [3.05, 3.63) is 66.1 Å². The first-order valence-electron chi connectivity index (χ1n) is 11.5. The second-order valence-electron chi connectivity index (χ2n) is 9.20. The average Bonchev–Trinajstić information content (AvgIpc) is 2.96. The smallest absolute Gasteiger partial charge is 0.276 e. The van der Waals surface area contributed by atoms with Gasteiger partial charge < -0.3 is 9.88 Å². The molecule has 1 saturated carbocycles. The second kappa shape index (κ2) is 8.08. The molecule has 2 aliphatic rings. The van der Waals surface area contributed by atoms with E-state index in [4.69, 9.17) is 0 Å². The summed E-state index contributed by atoms with van der Waals surface area (Å²) >= 11 is 0. The van der Waals surface area contributed by atoms with Crippen molar-refractivity contribution in [1.82, 2.24) is 9.88 Å². The summed E-state index contributed by atoms with van der Waals surface area (Å²) in [6.45, 7) is 2.01. The highest BCUT2D eigenvalue weighted by Crippen LogP contribution is 2.37. The number of carbonyl (C=O) groups excluding carboxylic acids is 2. The first kappa shape index (κ1) is 20.7. The van der Waals surface area contributed by atoms with Crippen LogP contribution in [0.1, 0.15) is 55.9 Å². The molecular formula is C26H28FN3O2. The minimum Gasteiger partial charge on any atom is -0.351 e. The Hall–Kier alpha value is -3.15. The summed E-state index contributed by atoms with van der Waals surface area (Å²) in [5, 5.41) is 4.14. The van der Waals surface area contributed by atoms with Crippen LogP contribution in [0.2, 0.25) is 0 Å². The zero-order valence-electron chi connectivity index (χ0n) is 18.3. The van der Waals surface area contributed by atoms with Crippen molar-refractivity contribution in [3.8, 4) is 0 Å². The van der Waals surface area contributed by atoms with E-state index in [9.17, 15) is 14.0 Å². The second-order valence-corrected chi connectivity index (χ2v) is 9.20. The first-order chi connectivity index (χ1) is 15.5. The van der Waals surface area contributed by atoms with Gasteiger partial charge in [-0.2, -0.15) is 0 Å². The van der Waals surface area contributed by atoms with Gasteiger partial charge in [0.2, 0.25) is 5.91 Å². The maximum Gasteiger partial charge on any atom is 0.276 e. The van der Waals surface area contributed by atoms with E-state index in [0.717, 1.165) is 36.6 Å². The summed E-state index contributed by atoms with van der Waals surface area (Å²) in [7, 11) is 0. The normalized spacial score (nSPS) is 21.9. The summed E-state index contributed by atoms with van der Waals surface area (Å²) in [4.78, 5) is 28.9. The number of hydrogen-bond donors (Lipinski definition) is 1. The monoisotopic (exact) mass is 433 g/mol. The molecule has 1 aliphatic carbocycles. The number of anilines is 1. The Kier molecular flexibility index (Phi) is 5.24. The lowest BCUT2D eigenvalue weighted by molar-refractivity contribution is -0.127. The molecule has 0 saturated heterocycles. The summed E-state index contributed by atoms with van der Waals surface area (Å²) < 4.78 is 16.8. The third-order valence-electron chi connectivity index (χ3n) is 6.97. The van der Waals surface area contributed by atoms with Gasteiger partial charge >= 0.3 is 0 Å². The van der Waals surface area contributed by atoms with Gasteiger partial charge in [-0.1, -0.05) is 56.0 Å².